The van der Waals surface area contributed by atoms with Crippen LogP contribution in [0.1, 0.15) is 37.6 Å². The van der Waals surface area contributed by atoms with E-state index in [1.807, 2.05) is 25.2 Å². The molecule has 108 valence electrons. The van der Waals surface area contributed by atoms with Crippen molar-refractivity contribution in [1.29, 1.82) is 0 Å². The third-order valence-corrected chi connectivity index (χ3v) is 3.21. The molecular formula is C16H22N2O2. The Morgan fingerprint density at radius 2 is 2.00 bits per heavy atom. The Morgan fingerprint density at radius 1 is 1.25 bits per heavy atom. The minimum atomic E-state index is -0.0452. The van der Waals surface area contributed by atoms with Gasteiger partial charge < -0.3 is 14.4 Å². The van der Waals surface area contributed by atoms with E-state index < -0.39 is 0 Å². The van der Waals surface area contributed by atoms with E-state index in [4.69, 9.17) is 9.40 Å². The lowest BCUT2D eigenvalue weighted by Crippen LogP contribution is -2.21. The fourth-order valence-corrected chi connectivity index (χ4v) is 1.98. The van der Waals surface area contributed by atoms with Crippen molar-refractivity contribution in [3.05, 3.63) is 47.5 Å². The molecule has 0 atom stereocenters. The van der Waals surface area contributed by atoms with Crippen molar-refractivity contribution in [2.75, 3.05) is 11.9 Å². The van der Waals surface area contributed by atoms with Crippen LogP contribution < -0.4 is 4.90 Å². The summed E-state index contributed by atoms with van der Waals surface area (Å²) in [7, 11) is 1.99. The zero-order chi connectivity index (χ0) is 14.8. The first-order valence-corrected chi connectivity index (χ1v) is 6.74. The molecule has 0 aliphatic heterocycles. The van der Waals surface area contributed by atoms with Gasteiger partial charge >= 0.3 is 0 Å². The molecule has 2 heterocycles. The Bertz CT molecular complexity index is 556. The highest BCUT2D eigenvalue weighted by Gasteiger charge is 2.18. The number of rotatable bonds is 4. The number of hydrogen-bond donors (Lipinski definition) is 1. The largest absolute Gasteiger partial charge is 0.472 e. The molecule has 0 unspecified atom stereocenters. The van der Waals surface area contributed by atoms with Gasteiger partial charge in [-0.25, -0.2) is 4.98 Å². The van der Waals surface area contributed by atoms with Crippen molar-refractivity contribution in [3.63, 3.8) is 0 Å². The number of aromatic nitrogens is 1. The maximum absolute atomic E-state index is 9.43. The predicted molar refractivity (Wildman–Crippen MR) is 79.7 cm³/mol. The lowest BCUT2D eigenvalue weighted by atomic mass is 9.91. The summed E-state index contributed by atoms with van der Waals surface area (Å²) in [6.45, 7) is 7.11. The summed E-state index contributed by atoms with van der Waals surface area (Å²) in [5.74, 6) is 0.864. The molecule has 2 aromatic heterocycles. The van der Waals surface area contributed by atoms with E-state index in [9.17, 15) is 5.11 Å². The van der Waals surface area contributed by atoms with Crippen LogP contribution in [0.4, 0.5) is 5.82 Å². The lowest BCUT2D eigenvalue weighted by molar-refractivity contribution is 0.281. The number of hydrogen-bond acceptors (Lipinski definition) is 4. The molecule has 0 amide bonds. The Hall–Kier alpha value is -1.81. The van der Waals surface area contributed by atoms with Gasteiger partial charge in [0, 0.05) is 30.3 Å². The van der Waals surface area contributed by atoms with E-state index in [1.54, 1.807) is 12.5 Å². The van der Waals surface area contributed by atoms with Crippen LogP contribution in [-0.2, 0) is 18.6 Å². The Labute approximate surface area is 120 Å². The molecule has 4 nitrogen and oxygen atoms in total. The lowest BCUT2D eigenvalue weighted by Gasteiger charge is -2.23. The van der Waals surface area contributed by atoms with Gasteiger partial charge in [-0.15, -0.1) is 0 Å². The number of nitrogens with zero attached hydrogens (tertiary/aromatic N) is 2. The first-order valence-electron chi connectivity index (χ1n) is 6.74. The van der Waals surface area contributed by atoms with Gasteiger partial charge in [-0.05, 0) is 23.8 Å². The highest BCUT2D eigenvalue weighted by atomic mass is 16.3. The van der Waals surface area contributed by atoms with Gasteiger partial charge in [0.2, 0.25) is 0 Å². The van der Waals surface area contributed by atoms with Crippen LogP contribution in [0.3, 0.4) is 0 Å². The van der Waals surface area contributed by atoms with Crippen LogP contribution in [0, 0.1) is 0 Å². The van der Waals surface area contributed by atoms with Gasteiger partial charge in [0.05, 0.1) is 19.1 Å². The highest BCUT2D eigenvalue weighted by Crippen LogP contribution is 2.25. The Morgan fingerprint density at radius 3 is 2.55 bits per heavy atom. The van der Waals surface area contributed by atoms with Gasteiger partial charge in [-0.1, -0.05) is 20.8 Å². The first-order chi connectivity index (χ1) is 9.40. The number of pyridine rings is 1. The van der Waals surface area contributed by atoms with Crippen LogP contribution in [0.5, 0.6) is 0 Å². The second-order valence-corrected chi connectivity index (χ2v) is 6.11. The van der Waals surface area contributed by atoms with Crippen molar-refractivity contribution in [1.82, 2.24) is 4.98 Å². The average Bonchev–Trinajstić information content (AvgIpc) is 2.90. The topological polar surface area (TPSA) is 49.5 Å². The molecule has 0 saturated carbocycles. The van der Waals surface area contributed by atoms with Gasteiger partial charge in [0.15, 0.2) is 0 Å². The summed E-state index contributed by atoms with van der Waals surface area (Å²) in [5.41, 5.74) is 2.93. The van der Waals surface area contributed by atoms with E-state index >= 15 is 0 Å². The molecule has 0 aromatic carbocycles. The second-order valence-electron chi connectivity index (χ2n) is 6.11. The minimum Gasteiger partial charge on any atom is -0.472 e. The van der Waals surface area contributed by atoms with Crippen LogP contribution in [0.15, 0.2) is 35.1 Å². The normalized spacial score (nSPS) is 11.7. The van der Waals surface area contributed by atoms with Gasteiger partial charge in [-0.2, -0.15) is 0 Å². The maximum Gasteiger partial charge on any atom is 0.129 e. The summed E-state index contributed by atoms with van der Waals surface area (Å²) in [4.78, 5) is 6.77. The number of furan rings is 1. The van der Waals surface area contributed by atoms with E-state index in [0.29, 0.717) is 0 Å². The van der Waals surface area contributed by atoms with Crippen molar-refractivity contribution in [2.45, 2.75) is 39.3 Å². The SMILES string of the molecule is CN(Cc1ccoc1)c1cc(CO)cc(C(C)(C)C)n1. The maximum atomic E-state index is 9.43. The van der Waals surface area contributed by atoms with Crippen LogP contribution in [0.2, 0.25) is 0 Å². The van der Waals surface area contributed by atoms with E-state index in [2.05, 4.69) is 25.7 Å². The molecule has 4 heteroatoms. The van der Waals surface area contributed by atoms with Crippen molar-refractivity contribution in [3.8, 4) is 0 Å². The molecule has 2 rings (SSSR count). The summed E-state index contributed by atoms with van der Waals surface area (Å²) >= 11 is 0. The quantitative estimate of drug-likeness (QED) is 0.930. The number of anilines is 1. The third-order valence-electron chi connectivity index (χ3n) is 3.21. The van der Waals surface area contributed by atoms with E-state index in [-0.39, 0.29) is 12.0 Å². The van der Waals surface area contributed by atoms with Crippen molar-refractivity contribution in [2.24, 2.45) is 0 Å². The summed E-state index contributed by atoms with van der Waals surface area (Å²) in [6.07, 6.45) is 3.40. The second kappa shape index (κ2) is 5.67. The summed E-state index contributed by atoms with van der Waals surface area (Å²) in [6, 6.07) is 5.83. The standard InChI is InChI=1S/C16H22N2O2/c1-16(2,3)14-7-13(10-19)8-15(17-14)18(4)9-12-5-6-20-11-12/h5-8,11,19H,9-10H2,1-4H3. The van der Waals surface area contributed by atoms with Gasteiger partial charge in [-0.3, -0.25) is 0 Å². The van der Waals surface area contributed by atoms with E-state index in [0.717, 1.165) is 29.2 Å². The molecule has 0 spiro atoms. The first kappa shape index (κ1) is 14.6. The zero-order valence-electron chi connectivity index (χ0n) is 12.6. The molecule has 1 N–H and O–H groups in total. The van der Waals surface area contributed by atoms with Crippen molar-refractivity contribution >= 4 is 5.82 Å². The molecule has 0 bridgehead atoms. The van der Waals surface area contributed by atoms with Crippen LogP contribution in [0.25, 0.3) is 0 Å². The fourth-order valence-electron chi connectivity index (χ4n) is 1.98. The monoisotopic (exact) mass is 274 g/mol. The van der Waals surface area contributed by atoms with Gasteiger partial charge in [0.1, 0.15) is 5.82 Å². The Balaban J connectivity index is 2.30. The molecular weight excluding hydrogens is 252 g/mol. The minimum absolute atomic E-state index is 0.0259. The van der Waals surface area contributed by atoms with E-state index in [1.165, 1.54) is 0 Å². The van der Waals surface area contributed by atoms with Gasteiger partial charge in [0.25, 0.3) is 0 Å². The average molecular weight is 274 g/mol. The van der Waals surface area contributed by atoms with Crippen LogP contribution >= 0.6 is 0 Å². The summed E-state index contributed by atoms with van der Waals surface area (Å²) < 4.78 is 5.09. The number of aliphatic hydroxyl groups is 1. The molecule has 0 saturated heterocycles. The molecule has 0 radical (unpaired) electrons. The molecule has 2 aromatic rings. The molecule has 0 aliphatic carbocycles. The summed E-state index contributed by atoms with van der Waals surface area (Å²) in [5, 5.41) is 9.43. The molecule has 20 heavy (non-hydrogen) atoms. The zero-order valence-corrected chi connectivity index (χ0v) is 12.6. The highest BCUT2D eigenvalue weighted by molar-refractivity contribution is 5.43. The number of aliphatic hydroxyl groups excluding tert-OH is 1. The van der Waals surface area contributed by atoms with Crippen molar-refractivity contribution < 1.29 is 9.52 Å². The fraction of sp³-hybridized carbons (Fsp3) is 0.438. The molecule has 0 fully saturated rings. The predicted octanol–water partition coefficient (Wildman–Crippen LogP) is 3.10. The molecule has 0 aliphatic rings. The third kappa shape index (κ3) is 3.39. The van der Waals surface area contributed by atoms with Crippen LogP contribution in [-0.4, -0.2) is 17.1 Å². The Kier molecular flexibility index (Phi) is 4.14. The smallest absolute Gasteiger partial charge is 0.129 e.